The van der Waals surface area contributed by atoms with E-state index in [-0.39, 0.29) is 0 Å². The molecule has 1 aromatic carbocycles. The lowest BCUT2D eigenvalue weighted by atomic mass is 10.1. The van der Waals surface area contributed by atoms with Crippen LogP contribution in [0.2, 0.25) is 0 Å². The number of anilines is 1. The molecule has 1 aliphatic carbocycles. The number of methoxy groups -OCH3 is 1. The third kappa shape index (κ3) is 2.73. The van der Waals surface area contributed by atoms with Crippen LogP contribution in [0.5, 0.6) is 5.75 Å². The predicted octanol–water partition coefficient (Wildman–Crippen LogP) is 2.29. The molecule has 2 fully saturated rings. The molecule has 3 rings (SSSR count). The van der Waals surface area contributed by atoms with Gasteiger partial charge in [-0.3, -0.25) is 0 Å². The summed E-state index contributed by atoms with van der Waals surface area (Å²) in [7, 11) is 1.67. The van der Waals surface area contributed by atoms with Crippen molar-refractivity contribution in [1.29, 1.82) is 5.26 Å². The van der Waals surface area contributed by atoms with Gasteiger partial charge in [0.25, 0.3) is 0 Å². The lowest BCUT2D eigenvalue weighted by Gasteiger charge is -2.29. The number of rotatable bonds is 5. The van der Waals surface area contributed by atoms with E-state index < -0.39 is 0 Å². The van der Waals surface area contributed by atoms with Gasteiger partial charge in [0.15, 0.2) is 0 Å². The van der Waals surface area contributed by atoms with Crippen LogP contribution in [0.3, 0.4) is 0 Å². The summed E-state index contributed by atoms with van der Waals surface area (Å²) in [6.45, 7) is 2.11. The molecular formula is C16H21N3O. The quantitative estimate of drug-likeness (QED) is 0.892. The SMILES string of the molecule is COc1ccc(C#N)c(N(CC2CCCN2)C2CC2)c1. The Bertz CT molecular complexity index is 513. The molecule has 2 aliphatic rings. The lowest BCUT2D eigenvalue weighted by molar-refractivity contribution is 0.414. The summed E-state index contributed by atoms with van der Waals surface area (Å²) in [5.74, 6) is 0.823. The molecule has 106 valence electrons. The minimum absolute atomic E-state index is 0.549. The Morgan fingerprint density at radius 1 is 1.40 bits per heavy atom. The van der Waals surface area contributed by atoms with Gasteiger partial charge in [-0.25, -0.2) is 0 Å². The fourth-order valence-electron chi connectivity index (χ4n) is 2.95. The predicted molar refractivity (Wildman–Crippen MR) is 79.1 cm³/mol. The summed E-state index contributed by atoms with van der Waals surface area (Å²) in [5.41, 5.74) is 1.78. The van der Waals surface area contributed by atoms with Gasteiger partial charge in [-0.05, 0) is 44.4 Å². The molecule has 1 saturated heterocycles. The van der Waals surface area contributed by atoms with E-state index in [0.717, 1.165) is 30.1 Å². The summed E-state index contributed by atoms with van der Waals surface area (Å²) in [6, 6.07) is 9.20. The molecule has 1 saturated carbocycles. The van der Waals surface area contributed by atoms with E-state index in [2.05, 4.69) is 16.3 Å². The van der Waals surface area contributed by atoms with E-state index in [0.29, 0.717) is 12.1 Å². The molecule has 1 unspecified atom stereocenters. The fourth-order valence-corrected chi connectivity index (χ4v) is 2.95. The molecule has 1 N–H and O–H groups in total. The largest absolute Gasteiger partial charge is 0.497 e. The maximum Gasteiger partial charge on any atom is 0.121 e. The van der Waals surface area contributed by atoms with E-state index in [1.807, 2.05) is 18.2 Å². The Kier molecular flexibility index (Phi) is 3.79. The number of nitrogens with zero attached hydrogens (tertiary/aromatic N) is 2. The van der Waals surface area contributed by atoms with Crippen LogP contribution in [0.1, 0.15) is 31.2 Å². The number of hydrogen-bond acceptors (Lipinski definition) is 4. The molecule has 1 aromatic rings. The van der Waals surface area contributed by atoms with Crippen LogP contribution in [0.4, 0.5) is 5.69 Å². The van der Waals surface area contributed by atoms with Gasteiger partial charge in [-0.15, -0.1) is 0 Å². The van der Waals surface area contributed by atoms with Gasteiger partial charge in [0.1, 0.15) is 11.8 Å². The molecule has 1 atom stereocenters. The van der Waals surface area contributed by atoms with Gasteiger partial charge in [-0.1, -0.05) is 0 Å². The zero-order chi connectivity index (χ0) is 13.9. The van der Waals surface area contributed by atoms with E-state index in [1.54, 1.807) is 7.11 Å². The Balaban J connectivity index is 1.87. The molecule has 0 spiro atoms. The molecule has 4 nitrogen and oxygen atoms in total. The normalized spacial score (nSPS) is 21.5. The van der Waals surface area contributed by atoms with Crippen molar-refractivity contribution in [3.8, 4) is 11.8 Å². The molecule has 1 heterocycles. The Morgan fingerprint density at radius 2 is 2.25 bits per heavy atom. The van der Waals surface area contributed by atoms with Gasteiger partial charge < -0.3 is 15.0 Å². The second-order valence-electron chi connectivity index (χ2n) is 5.67. The first-order valence-electron chi connectivity index (χ1n) is 7.40. The van der Waals surface area contributed by atoms with Gasteiger partial charge >= 0.3 is 0 Å². The zero-order valence-corrected chi connectivity index (χ0v) is 11.9. The summed E-state index contributed by atoms with van der Waals surface area (Å²) in [4.78, 5) is 2.41. The number of nitrogens with one attached hydrogen (secondary N) is 1. The molecular weight excluding hydrogens is 250 g/mol. The van der Waals surface area contributed by atoms with Crippen molar-refractivity contribution in [2.75, 3.05) is 25.1 Å². The van der Waals surface area contributed by atoms with Gasteiger partial charge in [0.2, 0.25) is 0 Å². The monoisotopic (exact) mass is 271 g/mol. The van der Waals surface area contributed by atoms with Crippen LogP contribution < -0.4 is 15.0 Å². The van der Waals surface area contributed by atoms with E-state index >= 15 is 0 Å². The zero-order valence-electron chi connectivity index (χ0n) is 11.9. The first kappa shape index (κ1) is 13.3. The highest BCUT2D eigenvalue weighted by Gasteiger charge is 2.32. The van der Waals surface area contributed by atoms with Crippen molar-refractivity contribution in [3.63, 3.8) is 0 Å². The average Bonchev–Trinajstić information content (AvgIpc) is 3.20. The van der Waals surface area contributed by atoms with Crippen LogP contribution in [-0.4, -0.2) is 32.3 Å². The minimum atomic E-state index is 0.549. The van der Waals surface area contributed by atoms with E-state index in [1.165, 1.54) is 25.7 Å². The Morgan fingerprint density at radius 3 is 2.85 bits per heavy atom. The van der Waals surface area contributed by atoms with Gasteiger partial charge in [-0.2, -0.15) is 5.26 Å². The van der Waals surface area contributed by atoms with Crippen molar-refractivity contribution in [1.82, 2.24) is 5.32 Å². The van der Waals surface area contributed by atoms with Crippen LogP contribution >= 0.6 is 0 Å². The summed E-state index contributed by atoms with van der Waals surface area (Å²) < 4.78 is 5.32. The van der Waals surface area contributed by atoms with Crippen LogP contribution in [0, 0.1) is 11.3 Å². The maximum absolute atomic E-state index is 9.36. The topological polar surface area (TPSA) is 48.3 Å². The van der Waals surface area contributed by atoms with E-state index in [9.17, 15) is 5.26 Å². The summed E-state index contributed by atoms with van der Waals surface area (Å²) in [6.07, 6.45) is 4.95. The number of ether oxygens (including phenoxy) is 1. The minimum Gasteiger partial charge on any atom is -0.497 e. The first-order valence-corrected chi connectivity index (χ1v) is 7.40. The van der Waals surface area contributed by atoms with Gasteiger partial charge in [0.05, 0.1) is 18.4 Å². The Hall–Kier alpha value is -1.73. The molecule has 1 aliphatic heterocycles. The van der Waals surface area contributed by atoms with Crippen LogP contribution in [0.25, 0.3) is 0 Å². The van der Waals surface area contributed by atoms with Crippen molar-refractivity contribution < 1.29 is 4.74 Å². The smallest absolute Gasteiger partial charge is 0.121 e. The Labute approximate surface area is 120 Å². The highest BCUT2D eigenvalue weighted by Crippen LogP contribution is 2.35. The third-order valence-corrected chi connectivity index (χ3v) is 4.20. The first-order chi connectivity index (χ1) is 9.81. The fraction of sp³-hybridized carbons (Fsp3) is 0.562. The van der Waals surface area contributed by atoms with Crippen LogP contribution in [-0.2, 0) is 0 Å². The number of benzene rings is 1. The molecule has 20 heavy (non-hydrogen) atoms. The molecule has 0 aromatic heterocycles. The molecule has 4 heteroatoms. The van der Waals surface area contributed by atoms with Crippen molar-refractivity contribution in [3.05, 3.63) is 23.8 Å². The molecule has 0 radical (unpaired) electrons. The van der Waals surface area contributed by atoms with E-state index in [4.69, 9.17) is 4.74 Å². The highest BCUT2D eigenvalue weighted by molar-refractivity contribution is 5.63. The van der Waals surface area contributed by atoms with Gasteiger partial charge in [0, 0.05) is 24.7 Å². The third-order valence-electron chi connectivity index (χ3n) is 4.20. The summed E-state index contributed by atoms with van der Waals surface area (Å²) >= 11 is 0. The maximum atomic E-state index is 9.36. The lowest BCUT2D eigenvalue weighted by Crippen LogP contribution is -2.39. The second kappa shape index (κ2) is 5.72. The molecule has 0 amide bonds. The van der Waals surface area contributed by atoms with Crippen molar-refractivity contribution in [2.45, 2.75) is 37.8 Å². The second-order valence-corrected chi connectivity index (χ2v) is 5.67. The van der Waals surface area contributed by atoms with Crippen molar-refractivity contribution in [2.24, 2.45) is 0 Å². The standard InChI is InChI=1S/C16H21N3O/c1-20-15-7-4-12(10-17)16(9-15)19(14-5-6-14)11-13-3-2-8-18-13/h4,7,9,13-14,18H,2-3,5-6,8,11H2,1H3. The highest BCUT2D eigenvalue weighted by atomic mass is 16.5. The number of hydrogen-bond donors (Lipinski definition) is 1. The summed E-state index contributed by atoms with van der Waals surface area (Å²) in [5, 5.41) is 12.9. The van der Waals surface area contributed by atoms with Crippen molar-refractivity contribution >= 4 is 5.69 Å². The number of nitriles is 1. The molecule has 0 bridgehead atoms. The van der Waals surface area contributed by atoms with Crippen LogP contribution in [0.15, 0.2) is 18.2 Å². The average molecular weight is 271 g/mol.